The van der Waals surface area contributed by atoms with Crippen LogP contribution in [0.1, 0.15) is 0 Å². The third-order valence-corrected chi connectivity index (χ3v) is 1.19. The molecule has 2 nitrogen and oxygen atoms in total. The third kappa shape index (κ3) is 0.980. The highest BCUT2D eigenvalue weighted by Gasteiger charge is 1.86. The maximum atomic E-state index is 3.94. The molecular formula is C5H5BrN2. The van der Waals surface area contributed by atoms with Crippen LogP contribution in [0.2, 0.25) is 0 Å². The monoisotopic (exact) mass is 172 g/mol. The van der Waals surface area contributed by atoms with Gasteiger partial charge >= 0.3 is 0 Å². The average Bonchev–Trinajstić information content (AvgIpc) is 2.14. The van der Waals surface area contributed by atoms with E-state index in [1.54, 1.807) is 10.9 Å². The van der Waals surface area contributed by atoms with Crippen LogP contribution in [-0.2, 0) is 0 Å². The Morgan fingerprint density at radius 1 is 1.88 bits per heavy atom. The molecule has 0 N–H and O–H groups in total. The Balaban J connectivity index is 3.00. The predicted molar refractivity (Wildman–Crippen MR) is 36.3 cm³/mol. The minimum Gasteiger partial charge on any atom is -0.248 e. The van der Waals surface area contributed by atoms with Gasteiger partial charge in [0.2, 0.25) is 0 Å². The summed E-state index contributed by atoms with van der Waals surface area (Å²) in [6, 6.07) is 1.85. The van der Waals surface area contributed by atoms with Crippen LogP contribution in [0.15, 0.2) is 23.4 Å². The van der Waals surface area contributed by atoms with Gasteiger partial charge in [0.15, 0.2) is 0 Å². The van der Waals surface area contributed by atoms with Crippen LogP contribution in [-0.4, -0.2) is 9.78 Å². The summed E-state index contributed by atoms with van der Waals surface area (Å²) in [7, 11) is 0. The second kappa shape index (κ2) is 2.13. The van der Waals surface area contributed by atoms with Gasteiger partial charge in [0.1, 0.15) is 4.60 Å². The zero-order chi connectivity index (χ0) is 5.98. The lowest BCUT2D eigenvalue weighted by Gasteiger charge is -1.82. The van der Waals surface area contributed by atoms with E-state index in [-0.39, 0.29) is 0 Å². The highest BCUT2D eigenvalue weighted by Crippen LogP contribution is 2.02. The summed E-state index contributed by atoms with van der Waals surface area (Å²) in [4.78, 5) is 0. The largest absolute Gasteiger partial charge is 0.248 e. The maximum absolute atomic E-state index is 3.94. The zero-order valence-electron chi connectivity index (χ0n) is 4.21. The Morgan fingerprint density at radius 3 is 2.88 bits per heavy atom. The van der Waals surface area contributed by atoms with Crippen LogP contribution in [0.4, 0.5) is 0 Å². The first-order chi connectivity index (χ1) is 3.83. The molecule has 0 radical (unpaired) electrons. The first kappa shape index (κ1) is 5.56. The van der Waals surface area contributed by atoms with E-state index in [1.165, 1.54) is 0 Å². The minimum absolute atomic E-state index is 0.831. The van der Waals surface area contributed by atoms with Gasteiger partial charge in [0.05, 0.1) is 0 Å². The fraction of sp³-hybridized carbons (Fsp3) is 0. The van der Waals surface area contributed by atoms with Gasteiger partial charge in [0.25, 0.3) is 0 Å². The van der Waals surface area contributed by atoms with Gasteiger partial charge in [-0.2, -0.15) is 5.10 Å². The number of halogens is 1. The molecule has 1 heterocycles. The number of rotatable bonds is 1. The van der Waals surface area contributed by atoms with Crippen LogP contribution in [0, 0.1) is 0 Å². The van der Waals surface area contributed by atoms with E-state index in [1.807, 2.05) is 12.3 Å². The molecule has 0 bridgehead atoms. The minimum atomic E-state index is 0.831. The van der Waals surface area contributed by atoms with Gasteiger partial charge in [-0.25, -0.2) is 4.68 Å². The van der Waals surface area contributed by atoms with Crippen molar-refractivity contribution >= 4 is 22.1 Å². The molecule has 8 heavy (non-hydrogen) atoms. The maximum Gasteiger partial charge on any atom is 0.128 e. The van der Waals surface area contributed by atoms with Gasteiger partial charge in [-0.15, -0.1) is 0 Å². The van der Waals surface area contributed by atoms with Gasteiger partial charge < -0.3 is 0 Å². The molecule has 0 unspecified atom stereocenters. The highest BCUT2D eigenvalue weighted by molar-refractivity contribution is 9.10. The van der Waals surface area contributed by atoms with Crippen molar-refractivity contribution < 1.29 is 0 Å². The number of nitrogens with zero attached hydrogens (tertiary/aromatic N) is 2. The van der Waals surface area contributed by atoms with E-state index in [9.17, 15) is 0 Å². The first-order valence-electron chi connectivity index (χ1n) is 2.16. The Bertz CT molecular complexity index is 192. The molecule has 0 aliphatic heterocycles. The normalized spacial score (nSPS) is 9.12. The molecule has 1 rings (SSSR count). The summed E-state index contributed by atoms with van der Waals surface area (Å²) < 4.78 is 2.46. The van der Waals surface area contributed by atoms with Crippen LogP contribution in [0.3, 0.4) is 0 Å². The lowest BCUT2D eigenvalue weighted by atomic mass is 10.7. The van der Waals surface area contributed by atoms with Gasteiger partial charge in [0, 0.05) is 12.4 Å². The summed E-state index contributed by atoms with van der Waals surface area (Å²) in [6.07, 6.45) is 3.45. The number of aromatic nitrogens is 2. The van der Waals surface area contributed by atoms with Crippen molar-refractivity contribution in [3.63, 3.8) is 0 Å². The molecule has 3 heteroatoms. The molecule has 42 valence electrons. The first-order valence-corrected chi connectivity index (χ1v) is 2.95. The quantitative estimate of drug-likeness (QED) is 0.632. The van der Waals surface area contributed by atoms with Gasteiger partial charge in [-0.05, 0) is 22.0 Å². The fourth-order valence-electron chi connectivity index (χ4n) is 0.417. The smallest absolute Gasteiger partial charge is 0.128 e. The summed E-state index contributed by atoms with van der Waals surface area (Å²) in [6.45, 7) is 3.52. The molecule has 0 aromatic carbocycles. The molecule has 0 aliphatic rings. The Labute approximate surface area is 55.9 Å². The topological polar surface area (TPSA) is 17.8 Å². The molecular weight excluding hydrogens is 168 g/mol. The molecule has 0 saturated heterocycles. The Morgan fingerprint density at radius 2 is 2.62 bits per heavy atom. The molecule has 0 fully saturated rings. The zero-order valence-corrected chi connectivity index (χ0v) is 5.80. The van der Waals surface area contributed by atoms with Crippen molar-refractivity contribution in [1.29, 1.82) is 0 Å². The predicted octanol–water partition coefficient (Wildman–Crippen LogP) is 1.75. The SMILES string of the molecule is C=Cn1ccc(Br)n1. The van der Waals surface area contributed by atoms with Crippen molar-refractivity contribution in [2.24, 2.45) is 0 Å². The van der Waals surface area contributed by atoms with Crippen molar-refractivity contribution in [3.8, 4) is 0 Å². The van der Waals surface area contributed by atoms with Crippen LogP contribution in [0.25, 0.3) is 6.20 Å². The van der Waals surface area contributed by atoms with Crippen LogP contribution >= 0.6 is 15.9 Å². The van der Waals surface area contributed by atoms with Crippen molar-refractivity contribution in [3.05, 3.63) is 23.4 Å². The molecule has 1 aromatic heterocycles. The summed E-state index contributed by atoms with van der Waals surface area (Å²) >= 11 is 3.19. The van der Waals surface area contributed by atoms with E-state index in [0.29, 0.717) is 0 Å². The van der Waals surface area contributed by atoms with E-state index < -0.39 is 0 Å². The Hall–Kier alpha value is -0.570. The number of hydrogen-bond donors (Lipinski definition) is 0. The van der Waals surface area contributed by atoms with Gasteiger partial charge in [-0.3, -0.25) is 0 Å². The van der Waals surface area contributed by atoms with Crippen LogP contribution < -0.4 is 0 Å². The van der Waals surface area contributed by atoms with E-state index in [2.05, 4.69) is 27.6 Å². The molecule has 0 spiro atoms. The summed E-state index contributed by atoms with van der Waals surface area (Å²) in [5, 5.41) is 3.94. The summed E-state index contributed by atoms with van der Waals surface area (Å²) in [5.41, 5.74) is 0. The molecule has 0 atom stereocenters. The standard InChI is InChI=1S/C5H5BrN2/c1-2-8-4-3-5(6)7-8/h2-4H,1H2. The lowest BCUT2D eigenvalue weighted by molar-refractivity contribution is 0.924. The third-order valence-electron chi connectivity index (χ3n) is 0.763. The van der Waals surface area contributed by atoms with E-state index >= 15 is 0 Å². The van der Waals surface area contributed by atoms with Crippen molar-refractivity contribution in [2.45, 2.75) is 0 Å². The van der Waals surface area contributed by atoms with Gasteiger partial charge in [-0.1, -0.05) is 6.58 Å². The molecule has 1 aromatic rings. The highest BCUT2D eigenvalue weighted by atomic mass is 79.9. The lowest BCUT2D eigenvalue weighted by Crippen LogP contribution is -1.82. The number of hydrogen-bond acceptors (Lipinski definition) is 1. The second-order valence-electron chi connectivity index (χ2n) is 1.30. The van der Waals surface area contributed by atoms with Crippen molar-refractivity contribution in [1.82, 2.24) is 9.78 Å². The average molecular weight is 173 g/mol. The van der Waals surface area contributed by atoms with Crippen LogP contribution in [0.5, 0.6) is 0 Å². The van der Waals surface area contributed by atoms with Crippen molar-refractivity contribution in [2.75, 3.05) is 0 Å². The van der Waals surface area contributed by atoms with E-state index in [4.69, 9.17) is 0 Å². The molecule has 0 aliphatic carbocycles. The molecule has 0 amide bonds. The fourth-order valence-corrected chi connectivity index (χ4v) is 0.718. The Kier molecular flexibility index (Phi) is 1.48. The van der Waals surface area contributed by atoms with E-state index in [0.717, 1.165) is 4.60 Å². The summed E-state index contributed by atoms with van der Waals surface area (Å²) in [5.74, 6) is 0. The second-order valence-corrected chi connectivity index (χ2v) is 2.11. The molecule has 0 saturated carbocycles.